The van der Waals surface area contributed by atoms with Crippen LogP contribution >= 0.6 is 15.9 Å². The number of benzene rings is 2. The number of hydrogen-bond acceptors (Lipinski definition) is 2. The van der Waals surface area contributed by atoms with Gasteiger partial charge in [-0.1, -0.05) is 28.1 Å². The molecule has 2 nitrogen and oxygen atoms in total. The molecule has 1 fully saturated rings. The maximum atomic E-state index is 11.6. The van der Waals surface area contributed by atoms with Gasteiger partial charge in [-0.05, 0) is 47.9 Å². The lowest BCUT2D eigenvalue weighted by molar-refractivity contribution is -0.122. The van der Waals surface area contributed by atoms with Crippen LogP contribution in [0.4, 0.5) is 0 Å². The Morgan fingerprint density at radius 1 is 1.17 bits per heavy atom. The molecule has 3 heteroatoms. The number of carbonyl (C=O) groups excluding carboxylic acids is 1. The number of halogens is 1. The quantitative estimate of drug-likeness (QED) is 0.854. The van der Waals surface area contributed by atoms with E-state index in [2.05, 4.69) is 22.0 Å². The van der Waals surface area contributed by atoms with Gasteiger partial charge in [0.15, 0.2) is 5.78 Å². The van der Waals surface area contributed by atoms with Crippen LogP contribution in [0.2, 0.25) is 0 Å². The Hall–Kier alpha value is -1.35. The van der Waals surface area contributed by atoms with Gasteiger partial charge in [0.1, 0.15) is 12.4 Å². The fraction of sp³-hybridized carbons (Fsp3) is 0.267. The zero-order chi connectivity index (χ0) is 12.5. The molecule has 0 aliphatic heterocycles. The predicted molar refractivity (Wildman–Crippen MR) is 74.9 cm³/mol. The first-order valence-corrected chi connectivity index (χ1v) is 6.86. The molecule has 0 N–H and O–H groups in total. The average molecular weight is 305 g/mol. The lowest BCUT2D eigenvalue weighted by atomic mass is 10.1. The number of ketones is 1. The minimum Gasteiger partial charge on any atom is -0.486 e. The normalized spacial score (nSPS) is 14.7. The van der Waals surface area contributed by atoms with E-state index < -0.39 is 0 Å². The van der Waals surface area contributed by atoms with Gasteiger partial charge in [-0.2, -0.15) is 0 Å². The smallest absolute Gasteiger partial charge is 0.173 e. The van der Waals surface area contributed by atoms with Crippen molar-refractivity contribution in [2.24, 2.45) is 5.92 Å². The molecule has 0 unspecified atom stereocenters. The van der Waals surface area contributed by atoms with E-state index in [0.717, 1.165) is 33.8 Å². The first-order chi connectivity index (χ1) is 8.72. The standard InChI is InChI=1S/C15H13BrO2/c16-13-5-3-12-8-14(6-4-11(12)7-13)18-9-15(17)10-1-2-10/h3-8,10H,1-2,9H2. The summed E-state index contributed by atoms with van der Waals surface area (Å²) in [6.45, 7) is 0.201. The Morgan fingerprint density at radius 2 is 1.89 bits per heavy atom. The van der Waals surface area contributed by atoms with Gasteiger partial charge in [0, 0.05) is 10.4 Å². The fourth-order valence-electron chi connectivity index (χ4n) is 1.96. The molecule has 0 saturated heterocycles. The van der Waals surface area contributed by atoms with Crippen LogP contribution in [0.25, 0.3) is 10.8 Å². The van der Waals surface area contributed by atoms with Gasteiger partial charge < -0.3 is 4.74 Å². The minimum atomic E-state index is 0.201. The molecule has 1 aliphatic rings. The molecule has 2 aromatic rings. The predicted octanol–water partition coefficient (Wildman–Crippen LogP) is 3.96. The van der Waals surface area contributed by atoms with Crippen molar-refractivity contribution in [3.05, 3.63) is 40.9 Å². The summed E-state index contributed by atoms with van der Waals surface area (Å²) in [6.07, 6.45) is 2.07. The number of Topliss-reactive ketones (excluding diaryl/α,β-unsaturated/α-hetero) is 1. The second kappa shape index (κ2) is 4.73. The lowest BCUT2D eigenvalue weighted by Gasteiger charge is -2.06. The van der Waals surface area contributed by atoms with Crippen LogP contribution < -0.4 is 4.74 Å². The number of hydrogen-bond donors (Lipinski definition) is 0. The van der Waals surface area contributed by atoms with Crippen molar-refractivity contribution < 1.29 is 9.53 Å². The van der Waals surface area contributed by atoms with Crippen molar-refractivity contribution in [3.63, 3.8) is 0 Å². The third kappa shape index (κ3) is 2.56. The van der Waals surface area contributed by atoms with Crippen LogP contribution in [0, 0.1) is 5.92 Å². The molecule has 0 atom stereocenters. The zero-order valence-electron chi connectivity index (χ0n) is 9.86. The molecule has 0 aromatic heterocycles. The molecule has 18 heavy (non-hydrogen) atoms. The molecular formula is C15H13BrO2. The average Bonchev–Trinajstić information content (AvgIpc) is 3.20. The summed E-state index contributed by atoms with van der Waals surface area (Å²) in [5.74, 6) is 1.26. The Bertz CT molecular complexity index is 602. The highest BCUT2D eigenvalue weighted by atomic mass is 79.9. The number of carbonyl (C=O) groups is 1. The summed E-state index contributed by atoms with van der Waals surface area (Å²) < 4.78 is 6.61. The first kappa shape index (κ1) is 11.7. The number of fused-ring (bicyclic) bond motifs is 1. The number of ether oxygens (including phenoxy) is 1. The van der Waals surface area contributed by atoms with Crippen molar-refractivity contribution in [2.75, 3.05) is 6.61 Å². The highest BCUT2D eigenvalue weighted by Crippen LogP contribution is 2.30. The maximum absolute atomic E-state index is 11.6. The van der Waals surface area contributed by atoms with Crippen molar-refractivity contribution in [2.45, 2.75) is 12.8 Å². The first-order valence-electron chi connectivity index (χ1n) is 6.07. The minimum absolute atomic E-state index is 0.201. The fourth-order valence-corrected chi connectivity index (χ4v) is 2.34. The van der Waals surface area contributed by atoms with E-state index in [1.807, 2.05) is 30.3 Å². The van der Waals surface area contributed by atoms with Crippen LogP contribution in [0.3, 0.4) is 0 Å². The zero-order valence-corrected chi connectivity index (χ0v) is 11.4. The monoisotopic (exact) mass is 304 g/mol. The van der Waals surface area contributed by atoms with E-state index in [0.29, 0.717) is 0 Å². The Kier molecular flexibility index (Phi) is 3.08. The summed E-state index contributed by atoms with van der Waals surface area (Å²) >= 11 is 3.45. The summed E-state index contributed by atoms with van der Waals surface area (Å²) in [5.41, 5.74) is 0. The van der Waals surface area contributed by atoms with Crippen LogP contribution in [0.5, 0.6) is 5.75 Å². The van der Waals surface area contributed by atoms with Crippen molar-refractivity contribution in [1.29, 1.82) is 0 Å². The van der Waals surface area contributed by atoms with E-state index in [-0.39, 0.29) is 18.3 Å². The second-order valence-electron chi connectivity index (χ2n) is 4.68. The molecule has 3 rings (SSSR count). The van der Waals surface area contributed by atoms with Crippen LogP contribution in [-0.4, -0.2) is 12.4 Å². The van der Waals surface area contributed by atoms with Crippen LogP contribution in [0.15, 0.2) is 40.9 Å². The highest BCUT2D eigenvalue weighted by molar-refractivity contribution is 9.10. The third-order valence-corrected chi connectivity index (χ3v) is 3.68. The summed E-state index contributed by atoms with van der Waals surface area (Å²) in [7, 11) is 0. The molecule has 0 spiro atoms. The number of rotatable bonds is 4. The summed E-state index contributed by atoms with van der Waals surface area (Å²) in [6, 6.07) is 12.0. The Labute approximate surface area is 114 Å². The van der Waals surface area contributed by atoms with E-state index in [4.69, 9.17) is 4.74 Å². The van der Waals surface area contributed by atoms with E-state index in [1.54, 1.807) is 0 Å². The lowest BCUT2D eigenvalue weighted by Crippen LogP contribution is -2.12. The van der Waals surface area contributed by atoms with Crippen molar-refractivity contribution >= 4 is 32.5 Å². The van der Waals surface area contributed by atoms with Gasteiger partial charge in [0.2, 0.25) is 0 Å². The second-order valence-corrected chi connectivity index (χ2v) is 5.60. The SMILES string of the molecule is O=C(COc1ccc2cc(Br)ccc2c1)C1CC1. The van der Waals surface area contributed by atoms with Crippen LogP contribution in [-0.2, 0) is 4.79 Å². The Morgan fingerprint density at radius 3 is 2.67 bits per heavy atom. The molecular weight excluding hydrogens is 292 g/mol. The third-order valence-electron chi connectivity index (χ3n) is 3.19. The topological polar surface area (TPSA) is 26.3 Å². The van der Waals surface area contributed by atoms with Gasteiger partial charge in [0.25, 0.3) is 0 Å². The van der Waals surface area contributed by atoms with E-state index in [9.17, 15) is 4.79 Å². The van der Waals surface area contributed by atoms with Gasteiger partial charge in [-0.3, -0.25) is 4.79 Å². The summed E-state index contributed by atoms with van der Waals surface area (Å²) in [5, 5.41) is 2.28. The van der Waals surface area contributed by atoms with E-state index >= 15 is 0 Å². The van der Waals surface area contributed by atoms with Crippen molar-refractivity contribution in [3.8, 4) is 5.75 Å². The molecule has 0 radical (unpaired) electrons. The highest BCUT2D eigenvalue weighted by Gasteiger charge is 2.29. The molecule has 2 aromatic carbocycles. The molecule has 1 saturated carbocycles. The van der Waals surface area contributed by atoms with Gasteiger partial charge in [0.05, 0.1) is 0 Å². The largest absolute Gasteiger partial charge is 0.486 e. The summed E-state index contributed by atoms with van der Waals surface area (Å²) in [4.78, 5) is 11.6. The molecule has 0 amide bonds. The molecule has 92 valence electrons. The maximum Gasteiger partial charge on any atom is 0.173 e. The van der Waals surface area contributed by atoms with Crippen LogP contribution in [0.1, 0.15) is 12.8 Å². The van der Waals surface area contributed by atoms with Crippen molar-refractivity contribution in [1.82, 2.24) is 0 Å². The molecule has 0 bridgehead atoms. The Balaban J connectivity index is 1.76. The van der Waals surface area contributed by atoms with Gasteiger partial charge in [-0.25, -0.2) is 0 Å². The van der Waals surface area contributed by atoms with Gasteiger partial charge in [-0.15, -0.1) is 0 Å². The molecule has 0 heterocycles. The van der Waals surface area contributed by atoms with E-state index in [1.165, 1.54) is 0 Å². The van der Waals surface area contributed by atoms with Gasteiger partial charge >= 0.3 is 0 Å². The molecule has 1 aliphatic carbocycles.